The number of ether oxygens (including phenoxy) is 1. The largest absolute Gasteiger partial charge is 0.381 e. The molecule has 5 rings (SSSR count). The van der Waals surface area contributed by atoms with E-state index in [2.05, 4.69) is 33.0 Å². The Bertz CT molecular complexity index is 1220. The van der Waals surface area contributed by atoms with Gasteiger partial charge in [-0.2, -0.15) is 0 Å². The molecule has 1 unspecified atom stereocenters. The second-order valence-corrected chi connectivity index (χ2v) is 11.5. The van der Waals surface area contributed by atoms with Gasteiger partial charge >= 0.3 is 0 Å². The highest BCUT2D eigenvalue weighted by atomic mass is 16.5. The summed E-state index contributed by atoms with van der Waals surface area (Å²) in [6, 6.07) is 0.900. The molecule has 38 heavy (non-hydrogen) atoms. The van der Waals surface area contributed by atoms with Gasteiger partial charge in [0.1, 0.15) is 29.4 Å². The Balaban J connectivity index is 1.36. The number of aromatic nitrogens is 2. The number of rotatable bonds is 6. The molecule has 5 N–H and O–H groups in total. The molecule has 2 fully saturated rings. The average molecular weight is 525 g/mol. The normalized spacial score (nSPS) is 23.4. The van der Waals surface area contributed by atoms with Crippen molar-refractivity contribution >= 4 is 29.2 Å². The van der Waals surface area contributed by atoms with E-state index in [-0.39, 0.29) is 23.3 Å². The molecular weight excluding hydrogens is 488 g/mol. The van der Waals surface area contributed by atoms with Crippen molar-refractivity contribution in [2.75, 3.05) is 23.8 Å². The fraction of sp³-hybridized carbons (Fsp3) is 0.593. The van der Waals surface area contributed by atoms with Crippen LogP contribution < -0.4 is 21.7 Å². The van der Waals surface area contributed by atoms with E-state index in [0.29, 0.717) is 49.2 Å². The summed E-state index contributed by atoms with van der Waals surface area (Å²) in [6.07, 6.45) is 7.70. The number of hydrogen-bond acceptors (Lipinski definition) is 8. The van der Waals surface area contributed by atoms with Crippen LogP contribution in [0.15, 0.2) is 23.0 Å². The van der Waals surface area contributed by atoms with Crippen molar-refractivity contribution < 1.29 is 23.6 Å². The Morgan fingerprint density at radius 1 is 1.21 bits per heavy atom. The minimum atomic E-state index is -0.891. The van der Waals surface area contributed by atoms with Crippen LogP contribution in [0.2, 0.25) is 0 Å². The molecule has 3 amide bonds. The van der Waals surface area contributed by atoms with Crippen LogP contribution in [0.4, 0.5) is 11.5 Å². The molecule has 1 aliphatic carbocycles. The summed E-state index contributed by atoms with van der Waals surface area (Å²) in [6.45, 7) is 6.70. The molecule has 1 saturated heterocycles. The summed E-state index contributed by atoms with van der Waals surface area (Å²) in [4.78, 5) is 44.2. The number of nitrogens with two attached hydrogens (primary N) is 1. The summed E-state index contributed by atoms with van der Waals surface area (Å²) in [5.41, 5.74) is 6.66. The van der Waals surface area contributed by atoms with Crippen molar-refractivity contribution in [2.45, 2.75) is 76.3 Å². The first-order valence-corrected chi connectivity index (χ1v) is 13.3. The van der Waals surface area contributed by atoms with E-state index in [1.54, 1.807) is 26.1 Å². The van der Waals surface area contributed by atoms with Gasteiger partial charge in [0.15, 0.2) is 0 Å². The van der Waals surface area contributed by atoms with Crippen molar-refractivity contribution in [2.24, 2.45) is 17.6 Å². The van der Waals surface area contributed by atoms with Gasteiger partial charge in [-0.25, -0.2) is 4.98 Å². The first kappa shape index (κ1) is 26.3. The van der Waals surface area contributed by atoms with Crippen LogP contribution in [0, 0.1) is 11.8 Å². The third kappa shape index (κ3) is 4.92. The van der Waals surface area contributed by atoms with E-state index in [1.165, 1.54) is 6.26 Å². The highest BCUT2D eigenvalue weighted by Gasteiger charge is 2.48. The monoisotopic (exact) mass is 524 g/mol. The maximum absolute atomic E-state index is 13.6. The highest BCUT2D eigenvalue weighted by Crippen LogP contribution is 2.44. The minimum absolute atomic E-state index is 0.0380. The summed E-state index contributed by atoms with van der Waals surface area (Å²) < 4.78 is 10.5. The smallest absolute Gasteiger partial charge is 0.257 e. The number of amides is 3. The lowest BCUT2D eigenvalue weighted by Crippen LogP contribution is -2.50. The Labute approximate surface area is 221 Å². The summed E-state index contributed by atoms with van der Waals surface area (Å²) in [7, 11) is 0. The number of hydrogen-bond donors (Lipinski definition) is 4. The fourth-order valence-corrected chi connectivity index (χ4v) is 5.89. The molecule has 0 radical (unpaired) electrons. The maximum Gasteiger partial charge on any atom is 0.257 e. The molecule has 2 aliphatic heterocycles. The number of carbonyl (C=O) groups is 3. The van der Waals surface area contributed by atoms with Crippen molar-refractivity contribution in [3.05, 3.63) is 35.3 Å². The van der Waals surface area contributed by atoms with Crippen LogP contribution in [-0.4, -0.2) is 47.1 Å². The van der Waals surface area contributed by atoms with Crippen LogP contribution in [0.1, 0.15) is 80.9 Å². The number of fused-ring (bicyclic) bond motifs is 2. The number of pyridine rings is 1. The molecule has 204 valence electrons. The number of nitrogens with zero attached hydrogens (tertiary/aromatic N) is 2. The molecule has 0 aromatic carbocycles. The van der Waals surface area contributed by atoms with Crippen LogP contribution in [-0.2, 0) is 25.3 Å². The summed E-state index contributed by atoms with van der Waals surface area (Å²) in [5.74, 6) is -0.0308. The molecule has 2 aromatic rings. The lowest BCUT2D eigenvalue weighted by atomic mass is 9.76. The molecule has 11 heteroatoms. The molecular formula is C27H36N6O5. The van der Waals surface area contributed by atoms with Gasteiger partial charge in [0, 0.05) is 31.0 Å². The predicted molar refractivity (Wildman–Crippen MR) is 139 cm³/mol. The van der Waals surface area contributed by atoms with Gasteiger partial charge in [0.05, 0.1) is 16.6 Å². The third-order valence-corrected chi connectivity index (χ3v) is 8.23. The number of carbonyl (C=O) groups excluding carboxylic acids is 3. The van der Waals surface area contributed by atoms with E-state index in [4.69, 9.17) is 15.0 Å². The van der Waals surface area contributed by atoms with Crippen LogP contribution in [0.5, 0.6) is 0 Å². The van der Waals surface area contributed by atoms with Crippen LogP contribution in [0.3, 0.4) is 0 Å². The zero-order valence-corrected chi connectivity index (χ0v) is 22.1. The van der Waals surface area contributed by atoms with E-state index in [9.17, 15) is 14.4 Å². The van der Waals surface area contributed by atoms with Gasteiger partial charge in [0.2, 0.25) is 11.8 Å². The van der Waals surface area contributed by atoms with Gasteiger partial charge in [-0.3, -0.25) is 14.4 Å². The zero-order chi connectivity index (χ0) is 27.1. The predicted octanol–water partition coefficient (Wildman–Crippen LogP) is 2.83. The van der Waals surface area contributed by atoms with Gasteiger partial charge < -0.3 is 30.9 Å². The SMILES string of the molecule is CC1CCC(C(NC(=O)c2conc2C(C)(C)N)C(=O)Nc2cc3c(cn2)C2(CCOCC2)C(=O)N3)CC1. The molecule has 2 aromatic heterocycles. The van der Waals surface area contributed by atoms with Crippen molar-refractivity contribution in [3.8, 4) is 0 Å². The fourth-order valence-electron chi connectivity index (χ4n) is 5.89. The minimum Gasteiger partial charge on any atom is -0.381 e. The molecule has 11 nitrogen and oxygen atoms in total. The second kappa shape index (κ2) is 10.1. The van der Waals surface area contributed by atoms with E-state index in [1.807, 2.05) is 0 Å². The maximum atomic E-state index is 13.6. The molecule has 1 saturated carbocycles. The summed E-state index contributed by atoms with van der Waals surface area (Å²) >= 11 is 0. The van der Waals surface area contributed by atoms with Gasteiger partial charge in [-0.1, -0.05) is 24.9 Å². The van der Waals surface area contributed by atoms with Crippen LogP contribution >= 0.6 is 0 Å². The molecule has 1 atom stereocenters. The average Bonchev–Trinajstić information content (AvgIpc) is 3.48. The molecule has 1 spiro atoms. The summed E-state index contributed by atoms with van der Waals surface area (Å²) in [5, 5.41) is 12.7. The third-order valence-electron chi connectivity index (χ3n) is 8.23. The molecule has 3 aliphatic rings. The van der Waals surface area contributed by atoms with Crippen LogP contribution in [0.25, 0.3) is 0 Å². The van der Waals surface area contributed by atoms with Crippen molar-refractivity contribution in [1.29, 1.82) is 0 Å². The molecule has 0 bridgehead atoms. The second-order valence-electron chi connectivity index (χ2n) is 11.5. The first-order valence-electron chi connectivity index (χ1n) is 13.3. The lowest BCUT2D eigenvalue weighted by molar-refractivity contribution is -0.124. The Hall–Kier alpha value is -3.31. The van der Waals surface area contributed by atoms with E-state index in [0.717, 1.165) is 31.2 Å². The number of anilines is 2. The zero-order valence-electron chi connectivity index (χ0n) is 22.1. The number of nitrogens with one attached hydrogen (secondary N) is 3. The Morgan fingerprint density at radius 2 is 1.92 bits per heavy atom. The van der Waals surface area contributed by atoms with E-state index >= 15 is 0 Å². The Kier molecular flexibility index (Phi) is 6.99. The highest BCUT2D eigenvalue weighted by molar-refractivity contribution is 6.07. The van der Waals surface area contributed by atoms with Crippen molar-refractivity contribution in [3.63, 3.8) is 0 Å². The topological polar surface area (TPSA) is 161 Å². The standard InChI is InChI=1S/C27H36N6O5/c1-15-4-6-16(7-5-15)21(32-23(34)17-14-38-33-22(17)26(2,3)28)24(35)31-20-12-19-18(13-29-20)27(25(36)30-19)8-10-37-11-9-27/h12-16,21H,4-11,28H2,1-3H3,(H,30,36)(H,32,34)(H,29,31,35). The first-order chi connectivity index (χ1) is 18.1. The Morgan fingerprint density at radius 3 is 2.61 bits per heavy atom. The van der Waals surface area contributed by atoms with Gasteiger partial charge in [-0.15, -0.1) is 0 Å². The van der Waals surface area contributed by atoms with Crippen molar-refractivity contribution in [1.82, 2.24) is 15.5 Å². The van der Waals surface area contributed by atoms with E-state index < -0.39 is 22.9 Å². The quantitative estimate of drug-likeness (QED) is 0.448. The molecule has 4 heterocycles. The van der Waals surface area contributed by atoms with Gasteiger partial charge in [0.25, 0.3) is 5.91 Å². The van der Waals surface area contributed by atoms with Gasteiger partial charge in [-0.05, 0) is 51.4 Å². The lowest BCUT2D eigenvalue weighted by Gasteiger charge is -2.32.